The molecule has 0 aliphatic carbocycles. The van der Waals surface area contributed by atoms with Gasteiger partial charge in [0, 0.05) is 16.8 Å². The van der Waals surface area contributed by atoms with Crippen LogP contribution in [0.15, 0.2) is 29.2 Å². The maximum absolute atomic E-state index is 8.74. The lowest BCUT2D eigenvalue weighted by atomic mass is 10.3. The van der Waals surface area contributed by atoms with Crippen LogP contribution in [0.25, 0.3) is 0 Å². The van der Waals surface area contributed by atoms with E-state index in [-0.39, 0.29) is 6.61 Å². The van der Waals surface area contributed by atoms with E-state index in [9.17, 15) is 0 Å². The van der Waals surface area contributed by atoms with Gasteiger partial charge >= 0.3 is 0 Å². The standard InChI is InChI=1S/C10H13ClOS/c1-8(6-7-12)13-10-5-3-2-4-9(10)11/h2-5,8,12H,6-7H2,1H3. The van der Waals surface area contributed by atoms with Gasteiger partial charge in [0.1, 0.15) is 0 Å². The summed E-state index contributed by atoms with van der Waals surface area (Å²) in [6.07, 6.45) is 0.801. The van der Waals surface area contributed by atoms with Crippen molar-refractivity contribution in [2.75, 3.05) is 6.61 Å². The fraction of sp³-hybridized carbons (Fsp3) is 0.400. The second-order valence-corrected chi connectivity index (χ2v) is 4.76. The number of hydrogen-bond acceptors (Lipinski definition) is 2. The maximum Gasteiger partial charge on any atom is 0.0541 e. The topological polar surface area (TPSA) is 20.2 Å². The van der Waals surface area contributed by atoms with E-state index in [0.717, 1.165) is 16.3 Å². The van der Waals surface area contributed by atoms with Gasteiger partial charge in [-0.05, 0) is 18.6 Å². The van der Waals surface area contributed by atoms with E-state index in [1.807, 2.05) is 24.3 Å². The van der Waals surface area contributed by atoms with Crippen molar-refractivity contribution in [3.63, 3.8) is 0 Å². The van der Waals surface area contributed by atoms with Crippen molar-refractivity contribution in [3.8, 4) is 0 Å². The molecule has 0 aliphatic rings. The Morgan fingerprint density at radius 2 is 2.15 bits per heavy atom. The Bertz CT molecular complexity index is 265. The Balaban J connectivity index is 2.58. The predicted molar refractivity (Wildman–Crippen MR) is 58.5 cm³/mol. The molecule has 0 saturated heterocycles. The Labute approximate surface area is 88.1 Å². The molecule has 0 aromatic heterocycles. The Kier molecular flexibility index (Phi) is 4.64. The van der Waals surface area contributed by atoms with E-state index < -0.39 is 0 Å². The summed E-state index contributed by atoms with van der Waals surface area (Å²) in [7, 11) is 0. The normalized spacial score (nSPS) is 12.8. The zero-order chi connectivity index (χ0) is 9.68. The molecule has 13 heavy (non-hydrogen) atoms. The van der Waals surface area contributed by atoms with Crippen LogP contribution < -0.4 is 0 Å². The van der Waals surface area contributed by atoms with Crippen molar-refractivity contribution in [2.45, 2.75) is 23.5 Å². The Morgan fingerprint density at radius 1 is 1.46 bits per heavy atom. The van der Waals surface area contributed by atoms with E-state index in [1.165, 1.54) is 0 Å². The van der Waals surface area contributed by atoms with Gasteiger partial charge in [-0.2, -0.15) is 0 Å². The summed E-state index contributed by atoms with van der Waals surface area (Å²) in [6, 6.07) is 7.78. The first-order chi connectivity index (χ1) is 6.24. The quantitative estimate of drug-likeness (QED) is 0.781. The number of hydrogen-bond donors (Lipinski definition) is 1. The highest BCUT2D eigenvalue weighted by atomic mass is 35.5. The summed E-state index contributed by atoms with van der Waals surface area (Å²) in [5.74, 6) is 0. The number of aliphatic hydroxyl groups is 1. The molecule has 1 unspecified atom stereocenters. The fourth-order valence-corrected chi connectivity index (χ4v) is 2.26. The number of aliphatic hydroxyl groups excluding tert-OH is 1. The lowest BCUT2D eigenvalue weighted by molar-refractivity contribution is 0.289. The molecule has 3 heteroatoms. The second-order valence-electron chi connectivity index (χ2n) is 2.87. The van der Waals surface area contributed by atoms with Crippen molar-refractivity contribution in [2.24, 2.45) is 0 Å². The molecule has 0 fully saturated rings. The van der Waals surface area contributed by atoms with E-state index in [2.05, 4.69) is 6.92 Å². The minimum absolute atomic E-state index is 0.235. The summed E-state index contributed by atoms with van der Waals surface area (Å²) in [4.78, 5) is 1.09. The third kappa shape index (κ3) is 3.59. The average Bonchev–Trinajstić information content (AvgIpc) is 2.09. The predicted octanol–water partition coefficient (Wildman–Crippen LogP) is 3.20. The van der Waals surface area contributed by atoms with Crippen molar-refractivity contribution in [1.29, 1.82) is 0 Å². The summed E-state index contributed by atoms with van der Waals surface area (Å²) in [6.45, 7) is 2.32. The first kappa shape index (κ1) is 10.9. The summed E-state index contributed by atoms with van der Waals surface area (Å²) in [5.41, 5.74) is 0. The molecule has 0 aliphatic heterocycles. The third-order valence-corrected chi connectivity index (χ3v) is 3.39. The zero-order valence-corrected chi connectivity index (χ0v) is 9.11. The first-order valence-corrected chi connectivity index (χ1v) is 5.52. The molecular formula is C10H13ClOS. The van der Waals surface area contributed by atoms with Gasteiger partial charge in [-0.3, -0.25) is 0 Å². The third-order valence-electron chi connectivity index (χ3n) is 1.70. The molecule has 72 valence electrons. The average molecular weight is 217 g/mol. The highest BCUT2D eigenvalue weighted by molar-refractivity contribution is 8.00. The van der Waals surface area contributed by atoms with Crippen LogP contribution in [0.3, 0.4) is 0 Å². The van der Waals surface area contributed by atoms with Crippen LogP contribution in [0.2, 0.25) is 5.02 Å². The van der Waals surface area contributed by atoms with Crippen molar-refractivity contribution < 1.29 is 5.11 Å². The van der Waals surface area contributed by atoms with E-state index >= 15 is 0 Å². The van der Waals surface area contributed by atoms with Crippen LogP contribution in [-0.2, 0) is 0 Å². The van der Waals surface area contributed by atoms with Crippen LogP contribution in [-0.4, -0.2) is 17.0 Å². The molecule has 0 amide bonds. The Hall–Kier alpha value is -0.180. The highest BCUT2D eigenvalue weighted by Crippen LogP contribution is 2.30. The fourth-order valence-electron chi connectivity index (χ4n) is 0.998. The van der Waals surface area contributed by atoms with E-state index in [4.69, 9.17) is 16.7 Å². The molecule has 0 saturated carbocycles. The Morgan fingerprint density at radius 3 is 2.77 bits per heavy atom. The minimum atomic E-state index is 0.235. The summed E-state index contributed by atoms with van der Waals surface area (Å²) < 4.78 is 0. The SMILES string of the molecule is CC(CCO)Sc1ccccc1Cl. The lowest BCUT2D eigenvalue weighted by Gasteiger charge is -2.09. The van der Waals surface area contributed by atoms with E-state index in [0.29, 0.717) is 5.25 Å². The largest absolute Gasteiger partial charge is 0.396 e. The van der Waals surface area contributed by atoms with Crippen LogP contribution in [0.4, 0.5) is 0 Å². The molecule has 0 spiro atoms. The molecule has 1 N–H and O–H groups in total. The molecule has 1 aromatic rings. The number of benzene rings is 1. The van der Waals surface area contributed by atoms with Gasteiger partial charge in [0.25, 0.3) is 0 Å². The van der Waals surface area contributed by atoms with Crippen molar-refractivity contribution in [1.82, 2.24) is 0 Å². The van der Waals surface area contributed by atoms with Crippen LogP contribution in [0, 0.1) is 0 Å². The van der Waals surface area contributed by atoms with E-state index in [1.54, 1.807) is 11.8 Å². The van der Waals surface area contributed by atoms with Gasteiger partial charge in [0.2, 0.25) is 0 Å². The molecule has 0 heterocycles. The van der Waals surface area contributed by atoms with Crippen LogP contribution >= 0.6 is 23.4 Å². The molecule has 1 aromatic carbocycles. The molecule has 1 atom stereocenters. The van der Waals surface area contributed by atoms with Crippen molar-refractivity contribution in [3.05, 3.63) is 29.3 Å². The number of thioether (sulfide) groups is 1. The smallest absolute Gasteiger partial charge is 0.0541 e. The van der Waals surface area contributed by atoms with Crippen LogP contribution in [0.1, 0.15) is 13.3 Å². The minimum Gasteiger partial charge on any atom is -0.396 e. The lowest BCUT2D eigenvalue weighted by Crippen LogP contribution is -1.98. The van der Waals surface area contributed by atoms with Crippen molar-refractivity contribution >= 4 is 23.4 Å². The molecule has 1 rings (SSSR count). The monoisotopic (exact) mass is 216 g/mol. The van der Waals surface area contributed by atoms with Crippen LogP contribution in [0.5, 0.6) is 0 Å². The van der Waals surface area contributed by atoms with Gasteiger partial charge in [0.05, 0.1) is 5.02 Å². The molecule has 1 nitrogen and oxygen atoms in total. The van der Waals surface area contributed by atoms with Gasteiger partial charge in [-0.1, -0.05) is 30.7 Å². The second kappa shape index (κ2) is 5.53. The summed E-state index contributed by atoms with van der Waals surface area (Å²) in [5, 5.41) is 9.93. The van der Waals surface area contributed by atoms with Gasteiger partial charge in [-0.25, -0.2) is 0 Å². The van der Waals surface area contributed by atoms with Gasteiger partial charge in [0.15, 0.2) is 0 Å². The number of halogens is 1. The molecule has 0 radical (unpaired) electrons. The zero-order valence-electron chi connectivity index (χ0n) is 7.53. The van der Waals surface area contributed by atoms with Gasteiger partial charge < -0.3 is 5.11 Å². The number of rotatable bonds is 4. The molecular weight excluding hydrogens is 204 g/mol. The highest BCUT2D eigenvalue weighted by Gasteiger charge is 2.05. The summed E-state index contributed by atoms with van der Waals surface area (Å²) >= 11 is 7.69. The molecule has 0 bridgehead atoms. The first-order valence-electron chi connectivity index (χ1n) is 4.26. The maximum atomic E-state index is 8.74. The van der Waals surface area contributed by atoms with Gasteiger partial charge in [-0.15, -0.1) is 11.8 Å².